The highest BCUT2D eigenvalue weighted by atomic mass is 32.1. The number of piperidine rings is 1. The molecular formula is C26H29N3O4S. The highest BCUT2D eigenvalue weighted by molar-refractivity contribution is 7.20. The first-order valence-electron chi connectivity index (χ1n) is 11.6. The molecule has 7 nitrogen and oxygen atoms in total. The molecule has 0 radical (unpaired) electrons. The minimum Gasteiger partial charge on any atom is -0.459 e. The van der Waals surface area contributed by atoms with E-state index in [1.54, 1.807) is 12.1 Å². The molecule has 1 saturated heterocycles. The Labute approximate surface area is 203 Å². The average Bonchev–Trinajstić information content (AvgIpc) is 3.51. The van der Waals surface area contributed by atoms with E-state index < -0.39 is 0 Å². The van der Waals surface area contributed by atoms with Gasteiger partial charge in [0.1, 0.15) is 5.00 Å². The van der Waals surface area contributed by atoms with Crippen LogP contribution in [0.5, 0.6) is 0 Å². The SMILES string of the molecule is Cc1c(-c2ccccc2)sc(NC(=O)CCCNC(=O)c2ccco2)c1C(=O)N1CCCCC1. The maximum Gasteiger partial charge on any atom is 0.286 e. The van der Waals surface area contributed by atoms with Crippen molar-refractivity contribution in [3.05, 3.63) is 65.6 Å². The van der Waals surface area contributed by atoms with Gasteiger partial charge in [-0.25, -0.2) is 0 Å². The van der Waals surface area contributed by atoms with Crippen molar-refractivity contribution >= 4 is 34.1 Å². The molecule has 2 N–H and O–H groups in total. The molecule has 178 valence electrons. The van der Waals surface area contributed by atoms with Gasteiger partial charge >= 0.3 is 0 Å². The van der Waals surface area contributed by atoms with Crippen molar-refractivity contribution < 1.29 is 18.8 Å². The van der Waals surface area contributed by atoms with E-state index >= 15 is 0 Å². The zero-order chi connectivity index (χ0) is 23.9. The van der Waals surface area contributed by atoms with Gasteiger partial charge < -0.3 is 20.0 Å². The summed E-state index contributed by atoms with van der Waals surface area (Å²) in [6.07, 6.45) is 5.30. The standard InChI is InChI=1S/C26H29N3O4S/c1-18-22(26(32)29-15-6-3-7-16-29)25(34-23(18)19-10-4-2-5-11-19)28-21(30)13-8-14-27-24(31)20-12-9-17-33-20/h2,4-5,9-12,17H,3,6-8,13-16H2,1H3,(H,27,31)(H,28,30). The highest BCUT2D eigenvalue weighted by Crippen LogP contribution is 2.40. The summed E-state index contributed by atoms with van der Waals surface area (Å²) in [5, 5.41) is 6.31. The second-order valence-corrected chi connectivity index (χ2v) is 9.38. The molecule has 3 heterocycles. The number of likely N-dealkylation sites (tertiary alicyclic amines) is 1. The average molecular weight is 480 g/mol. The van der Waals surface area contributed by atoms with Crippen molar-refractivity contribution in [2.24, 2.45) is 0 Å². The van der Waals surface area contributed by atoms with Crippen LogP contribution in [0.4, 0.5) is 5.00 Å². The largest absolute Gasteiger partial charge is 0.459 e. The zero-order valence-electron chi connectivity index (χ0n) is 19.3. The number of furan rings is 1. The van der Waals surface area contributed by atoms with Crippen molar-refractivity contribution in [3.63, 3.8) is 0 Å². The third-order valence-corrected chi connectivity index (χ3v) is 7.16. The fourth-order valence-corrected chi connectivity index (χ4v) is 5.33. The van der Waals surface area contributed by atoms with E-state index in [-0.39, 0.29) is 29.9 Å². The van der Waals surface area contributed by atoms with E-state index in [1.807, 2.05) is 42.2 Å². The Kier molecular flexibility index (Phi) is 7.80. The predicted molar refractivity (Wildman–Crippen MR) is 133 cm³/mol. The quantitative estimate of drug-likeness (QED) is 0.440. The molecule has 3 aromatic rings. The van der Waals surface area contributed by atoms with Gasteiger partial charge in [-0.15, -0.1) is 11.3 Å². The Morgan fingerprint density at radius 1 is 1.03 bits per heavy atom. The first kappa shape index (κ1) is 23.8. The molecule has 8 heteroatoms. The number of carbonyl (C=O) groups excluding carboxylic acids is 3. The molecule has 0 spiro atoms. The number of thiophene rings is 1. The number of rotatable bonds is 8. The molecule has 1 aliphatic heterocycles. The molecule has 0 saturated carbocycles. The molecule has 1 fully saturated rings. The van der Waals surface area contributed by atoms with E-state index in [9.17, 15) is 14.4 Å². The van der Waals surface area contributed by atoms with Crippen LogP contribution in [0.2, 0.25) is 0 Å². The molecule has 0 unspecified atom stereocenters. The Morgan fingerprint density at radius 3 is 2.50 bits per heavy atom. The van der Waals surface area contributed by atoms with Gasteiger partial charge in [0, 0.05) is 30.9 Å². The summed E-state index contributed by atoms with van der Waals surface area (Å²) in [5.41, 5.74) is 2.51. The topological polar surface area (TPSA) is 91.6 Å². The fraction of sp³-hybridized carbons (Fsp3) is 0.346. The molecule has 0 atom stereocenters. The number of nitrogens with one attached hydrogen (secondary N) is 2. The highest BCUT2D eigenvalue weighted by Gasteiger charge is 2.27. The second kappa shape index (κ2) is 11.2. The molecule has 34 heavy (non-hydrogen) atoms. The van der Waals surface area contributed by atoms with Gasteiger partial charge in [-0.05, 0) is 55.9 Å². The van der Waals surface area contributed by atoms with Crippen molar-refractivity contribution in [1.29, 1.82) is 0 Å². The number of hydrogen-bond acceptors (Lipinski definition) is 5. The monoisotopic (exact) mass is 479 g/mol. The lowest BCUT2D eigenvalue weighted by molar-refractivity contribution is -0.116. The molecule has 1 aromatic carbocycles. The number of carbonyl (C=O) groups is 3. The number of nitrogens with zero attached hydrogens (tertiary/aromatic N) is 1. The number of benzene rings is 1. The number of anilines is 1. The molecule has 3 amide bonds. The summed E-state index contributed by atoms with van der Waals surface area (Å²) in [5.74, 6) is -0.258. The van der Waals surface area contributed by atoms with E-state index in [4.69, 9.17) is 4.42 Å². The molecule has 2 aromatic heterocycles. The maximum atomic E-state index is 13.4. The van der Waals surface area contributed by atoms with Gasteiger partial charge in [-0.1, -0.05) is 30.3 Å². The molecule has 0 bridgehead atoms. The van der Waals surface area contributed by atoms with E-state index in [1.165, 1.54) is 17.6 Å². The van der Waals surface area contributed by atoms with Gasteiger partial charge in [-0.2, -0.15) is 0 Å². The smallest absolute Gasteiger partial charge is 0.286 e. The number of hydrogen-bond donors (Lipinski definition) is 2. The summed E-state index contributed by atoms with van der Waals surface area (Å²) in [6.45, 7) is 3.80. The van der Waals surface area contributed by atoms with E-state index in [0.29, 0.717) is 23.5 Å². The summed E-state index contributed by atoms with van der Waals surface area (Å²) in [4.78, 5) is 41.0. The predicted octanol–water partition coefficient (Wildman–Crippen LogP) is 5.09. The molecular weight excluding hydrogens is 450 g/mol. The first-order valence-corrected chi connectivity index (χ1v) is 12.5. The van der Waals surface area contributed by atoms with E-state index in [0.717, 1.165) is 48.4 Å². The van der Waals surface area contributed by atoms with Crippen molar-refractivity contribution in [2.75, 3.05) is 25.0 Å². The summed E-state index contributed by atoms with van der Waals surface area (Å²) in [7, 11) is 0. The minimum absolute atomic E-state index is 0.0170. The summed E-state index contributed by atoms with van der Waals surface area (Å²) >= 11 is 1.44. The van der Waals surface area contributed by atoms with Crippen LogP contribution >= 0.6 is 11.3 Å². The second-order valence-electron chi connectivity index (χ2n) is 8.36. The van der Waals surface area contributed by atoms with Gasteiger partial charge in [0.25, 0.3) is 11.8 Å². The Morgan fingerprint density at radius 2 is 1.79 bits per heavy atom. The third kappa shape index (κ3) is 5.56. The van der Waals surface area contributed by atoms with E-state index in [2.05, 4.69) is 10.6 Å². The van der Waals surface area contributed by atoms with Crippen LogP contribution in [0.15, 0.2) is 53.1 Å². The van der Waals surface area contributed by atoms with Crippen LogP contribution in [-0.2, 0) is 4.79 Å². The Balaban J connectivity index is 1.45. The Hall–Kier alpha value is -3.39. The van der Waals surface area contributed by atoms with Crippen molar-refractivity contribution in [1.82, 2.24) is 10.2 Å². The molecule has 0 aliphatic carbocycles. The van der Waals surface area contributed by atoms with Crippen LogP contribution in [0.25, 0.3) is 10.4 Å². The van der Waals surface area contributed by atoms with Gasteiger partial charge in [-0.3, -0.25) is 14.4 Å². The summed E-state index contributed by atoms with van der Waals surface area (Å²) < 4.78 is 5.06. The van der Waals surface area contributed by atoms with Crippen molar-refractivity contribution in [3.8, 4) is 10.4 Å². The van der Waals surface area contributed by atoms with Crippen LogP contribution in [0.1, 0.15) is 58.6 Å². The number of amides is 3. The zero-order valence-corrected chi connectivity index (χ0v) is 20.1. The molecule has 1 aliphatic rings. The lowest BCUT2D eigenvalue weighted by Gasteiger charge is -2.27. The van der Waals surface area contributed by atoms with Crippen LogP contribution in [0.3, 0.4) is 0 Å². The first-order chi connectivity index (χ1) is 16.5. The van der Waals surface area contributed by atoms with Crippen LogP contribution in [0, 0.1) is 6.92 Å². The van der Waals surface area contributed by atoms with Gasteiger partial charge in [0.2, 0.25) is 5.91 Å². The normalized spacial score (nSPS) is 13.5. The Bertz CT molecular complexity index is 1130. The summed E-state index contributed by atoms with van der Waals surface area (Å²) in [6, 6.07) is 13.2. The van der Waals surface area contributed by atoms with Crippen molar-refractivity contribution in [2.45, 2.75) is 39.0 Å². The van der Waals surface area contributed by atoms with Crippen LogP contribution < -0.4 is 10.6 Å². The third-order valence-electron chi connectivity index (χ3n) is 5.90. The van der Waals surface area contributed by atoms with Gasteiger partial charge in [0.15, 0.2) is 5.76 Å². The molecule has 4 rings (SSSR count). The maximum absolute atomic E-state index is 13.4. The fourth-order valence-electron chi connectivity index (χ4n) is 4.11. The van der Waals surface area contributed by atoms with Gasteiger partial charge in [0.05, 0.1) is 11.8 Å². The minimum atomic E-state index is -0.304. The lowest BCUT2D eigenvalue weighted by Crippen LogP contribution is -2.36. The lowest BCUT2D eigenvalue weighted by atomic mass is 10.0. The van der Waals surface area contributed by atoms with Crippen LogP contribution in [-0.4, -0.2) is 42.3 Å².